The molecule has 0 bridgehead atoms. The number of benzene rings is 3. The van der Waals surface area contributed by atoms with Crippen LogP contribution in [0.1, 0.15) is 30.9 Å². The van der Waals surface area contributed by atoms with Gasteiger partial charge in [-0.3, -0.25) is 10.2 Å². The van der Waals surface area contributed by atoms with Crippen LogP contribution in [-0.4, -0.2) is 33.4 Å². The van der Waals surface area contributed by atoms with Gasteiger partial charge in [0.05, 0.1) is 11.9 Å². The van der Waals surface area contributed by atoms with Crippen molar-refractivity contribution in [3.05, 3.63) is 90.3 Å². The fourth-order valence-electron chi connectivity index (χ4n) is 3.42. The third kappa shape index (κ3) is 6.94. The summed E-state index contributed by atoms with van der Waals surface area (Å²) < 4.78 is 42.3. The Morgan fingerprint density at radius 3 is 2.41 bits per heavy atom. The summed E-state index contributed by atoms with van der Waals surface area (Å²) in [7, 11) is 0. The standard InChI is InChI=1S/C26H22F3N5O3/c1-17(2)22-5-3-4-6-23(22)32-25(35)37-31-15-18-7-9-19(10-8-18)24-30-16-34(33-24)20-11-13-21(14-12-20)36-26(27,28)29/h3-17H,1-2H3,(H,32,35). The van der Waals surface area contributed by atoms with Crippen LogP contribution in [0.3, 0.4) is 0 Å². The van der Waals surface area contributed by atoms with Crippen LogP contribution in [-0.2, 0) is 4.84 Å². The van der Waals surface area contributed by atoms with Gasteiger partial charge in [-0.25, -0.2) is 14.5 Å². The van der Waals surface area contributed by atoms with Crippen LogP contribution in [0.5, 0.6) is 5.75 Å². The number of carbonyl (C=O) groups excluding carboxylic acids is 1. The molecule has 0 aliphatic heterocycles. The Hall–Kier alpha value is -4.67. The number of anilines is 1. The monoisotopic (exact) mass is 509 g/mol. The van der Waals surface area contributed by atoms with Crippen LogP contribution in [0.4, 0.5) is 23.7 Å². The molecule has 37 heavy (non-hydrogen) atoms. The number of nitrogens with zero attached hydrogens (tertiary/aromatic N) is 4. The quantitative estimate of drug-likeness (QED) is 0.174. The molecule has 4 rings (SSSR count). The molecule has 0 aliphatic rings. The normalized spacial score (nSPS) is 11.6. The number of para-hydroxylation sites is 1. The first kappa shape index (κ1) is 25.4. The van der Waals surface area contributed by atoms with E-state index in [1.807, 2.05) is 32.0 Å². The second kappa shape index (κ2) is 10.9. The number of hydrogen-bond acceptors (Lipinski definition) is 6. The van der Waals surface area contributed by atoms with Crippen LogP contribution in [0, 0.1) is 0 Å². The van der Waals surface area contributed by atoms with E-state index < -0.39 is 12.5 Å². The number of oxime groups is 1. The minimum absolute atomic E-state index is 0.234. The Balaban J connectivity index is 1.35. The SMILES string of the molecule is CC(C)c1ccccc1NC(=O)ON=Cc1ccc(-c2ncn(-c3ccc(OC(F)(F)F)cc3)n2)cc1. The van der Waals surface area contributed by atoms with Crippen molar-refractivity contribution in [3.8, 4) is 22.8 Å². The van der Waals surface area contributed by atoms with E-state index in [0.29, 0.717) is 28.3 Å². The lowest BCUT2D eigenvalue weighted by molar-refractivity contribution is -0.274. The molecule has 0 atom stereocenters. The van der Waals surface area contributed by atoms with E-state index in [2.05, 4.69) is 25.3 Å². The van der Waals surface area contributed by atoms with Crippen LogP contribution in [0.25, 0.3) is 17.1 Å². The third-order valence-corrected chi connectivity index (χ3v) is 5.15. The molecule has 0 unspecified atom stereocenters. The Bertz CT molecular complexity index is 1380. The van der Waals surface area contributed by atoms with Crippen molar-refractivity contribution >= 4 is 18.0 Å². The molecule has 0 saturated carbocycles. The number of rotatable bonds is 7. The predicted molar refractivity (Wildman–Crippen MR) is 132 cm³/mol. The number of halogens is 3. The van der Waals surface area contributed by atoms with Crippen LogP contribution >= 0.6 is 0 Å². The van der Waals surface area contributed by atoms with Crippen molar-refractivity contribution in [2.75, 3.05) is 5.32 Å². The third-order valence-electron chi connectivity index (χ3n) is 5.15. The zero-order chi connectivity index (χ0) is 26.4. The van der Waals surface area contributed by atoms with Crippen molar-refractivity contribution in [1.82, 2.24) is 14.8 Å². The highest BCUT2D eigenvalue weighted by molar-refractivity contribution is 5.87. The van der Waals surface area contributed by atoms with Gasteiger partial charge in [-0.2, -0.15) is 0 Å². The lowest BCUT2D eigenvalue weighted by Crippen LogP contribution is -2.17. The maximum Gasteiger partial charge on any atom is 0.573 e. The van der Waals surface area contributed by atoms with Crippen LogP contribution in [0.15, 0.2) is 84.3 Å². The lowest BCUT2D eigenvalue weighted by Gasteiger charge is -2.12. The molecular weight excluding hydrogens is 487 g/mol. The van der Waals surface area contributed by atoms with Gasteiger partial charge in [0.1, 0.15) is 12.1 Å². The van der Waals surface area contributed by atoms with E-state index in [1.165, 1.54) is 41.5 Å². The molecule has 0 saturated heterocycles. The molecule has 0 aliphatic carbocycles. The Morgan fingerprint density at radius 2 is 1.73 bits per heavy atom. The van der Waals surface area contributed by atoms with E-state index in [1.54, 1.807) is 30.3 Å². The number of ether oxygens (including phenoxy) is 1. The maximum absolute atomic E-state index is 12.3. The molecule has 1 heterocycles. The van der Waals surface area contributed by atoms with E-state index in [9.17, 15) is 18.0 Å². The minimum Gasteiger partial charge on any atom is -0.406 e. The Morgan fingerprint density at radius 1 is 1.03 bits per heavy atom. The van der Waals surface area contributed by atoms with E-state index in [0.717, 1.165) is 5.56 Å². The average molecular weight is 509 g/mol. The second-order valence-corrected chi connectivity index (χ2v) is 8.16. The summed E-state index contributed by atoms with van der Waals surface area (Å²) in [6.07, 6.45) is -2.60. The van der Waals surface area contributed by atoms with Gasteiger partial charge in [-0.15, -0.1) is 18.3 Å². The number of amides is 1. The minimum atomic E-state index is -4.75. The highest BCUT2D eigenvalue weighted by atomic mass is 19.4. The van der Waals surface area contributed by atoms with E-state index >= 15 is 0 Å². The molecule has 1 amide bonds. The molecule has 8 nitrogen and oxygen atoms in total. The first-order valence-electron chi connectivity index (χ1n) is 11.2. The number of aromatic nitrogens is 3. The number of hydrogen-bond donors (Lipinski definition) is 1. The summed E-state index contributed by atoms with van der Waals surface area (Å²) >= 11 is 0. The molecule has 0 fully saturated rings. The zero-order valence-corrected chi connectivity index (χ0v) is 19.8. The molecule has 1 N–H and O–H groups in total. The first-order valence-corrected chi connectivity index (χ1v) is 11.2. The molecule has 1 aromatic heterocycles. The highest BCUT2D eigenvalue weighted by Crippen LogP contribution is 2.25. The lowest BCUT2D eigenvalue weighted by atomic mass is 10.0. The van der Waals surface area contributed by atoms with Gasteiger partial charge < -0.3 is 4.74 Å². The molecule has 190 valence electrons. The summed E-state index contributed by atoms with van der Waals surface area (Å²) in [6.45, 7) is 4.06. The Kier molecular flexibility index (Phi) is 7.52. The van der Waals surface area contributed by atoms with E-state index in [4.69, 9.17) is 4.84 Å². The van der Waals surface area contributed by atoms with Gasteiger partial charge >= 0.3 is 12.5 Å². The maximum atomic E-state index is 12.3. The smallest absolute Gasteiger partial charge is 0.406 e. The fourth-order valence-corrected chi connectivity index (χ4v) is 3.42. The van der Waals surface area contributed by atoms with Crippen molar-refractivity contribution < 1.29 is 27.5 Å². The highest BCUT2D eigenvalue weighted by Gasteiger charge is 2.31. The molecule has 3 aromatic carbocycles. The molecule has 0 radical (unpaired) electrons. The summed E-state index contributed by atoms with van der Waals surface area (Å²) in [5, 5.41) is 10.8. The number of nitrogens with one attached hydrogen (secondary N) is 1. The first-order chi connectivity index (χ1) is 17.7. The van der Waals surface area contributed by atoms with Gasteiger partial charge in [0, 0.05) is 11.3 Å². The topological polar surface area (TPSA) is 90.6 Å². The van der Waals surface area contributed by atoms with Crippen molar-refractivity contribution in [1.29, 1.82) is 0 Å². The summed E-state index contributed by atoms with van der Waals surface area (Å²) in [4.78, 5) is 21.2. The largest absolute Gasteiger partial charge is 0.573 e. The van der Waals surface area contributed by atoms with Crippen molar-refractivity contribution in [2.45, 2.75) is 26.1 Å². The zero-order valence-electron chi connectivity index (χ0n) is 19.8. The second-order valence-electron chi connectivity index (χ2n) is 8.16. The summed E-state index contributed by atoms with van der Waals surface area (Å²) in [5.41, 5.74) is 3.56. The van der Waals surface area contributed by atoms with Gasteiger partial charge in [0.15, 0.2) is 5.82 Å². The van der Waals surface area contributed by atoms with Gasteiger partial charge in [-0.1, -0.05) is 61.5 Å². The fraction of sp³-hybridized carbons (Fsp3) is 0.154. The van der Waals surface area contributed by atoms with Crippen molar-refractivity contribution in [3.63, 3.8) is 0 Å². The van der Waals surface area contributed by atoms with Crippen molar-refractivity contribution in [2.24, 2.45) is 5.16 Å². The van der Waals surface area contributed by atoms with E-state index in [-0.39, 0.29) is 11.7 Å². The van der Waals surface area contributed by atoms with Crippen LogP contribution in [0.2, 0.25) is 0 Å². The average Bonchev–Trinajstić information content (AvgIpc) is 3.34. The summed E-state index contributed by atoms with van der Waals surface area (Å²) in [5.74, 6) is 0.326. The summed E-state index contributed by atoms with van der Waals surface area (Å²) in [6, 6.07) is 19.8. The van der Waals surface area contributed by atoms with Gasteiger partial charge in [0.2, 0.25) is 0 Å². The number of alkyl halides is 3. The van der Waals surface area contributed by atoms with Gasteiger partial charge in [-0.05, 0) is 47.4 Å². The van der Waals surface area contributed by atoms with Crippen LogP contribution < -0.4 is 10.1 Å². The Labute approximate surface area is 210 Å². The predicted octanol–water partition coefficient (Wildman–Crippen LogP) is 6.54. The molecule has 11 heteroatoms. The van der Waals surface area contributed by atoms with Gasteiger partial charge in [0.25, 0.3) is 0 Å². The molecule has 4 aromatic rings. The molecular formula is C26H22F3N5O3. The molecule has 0 spiro atoms. The number of carbonyl (C=O) groups is 1.